The number of hydrogen-bond acceptors (Lipinski definition) is 5. The molecule has 6 nitrogen and oxygen atoms in total. The Morgan fingerprint density at radius 1 is 1.28 bits per heavy atom. The molecule has 1 amide bonds. The first kappa shape index (κ1) is 16.9. The fourth-order valence-electron chi connectivity index (χ4n) is 2.50. The van der Waals surface area contributed by atoms with Gasteiger partial charge >= 0.3 is 0 Å². The number of nitrogens with one attached hydrogen (secondary N) is 2. The van der Waals surface area contributed by atoms with E-state index >= 15 is 0 Å². The van der Waals surface area contributed by atoms with Crippen LogP contribution in [0.5, 0.6) is 0 Å². The molecule has 126 valence electrons. The average Bonchev–Trinajstić information content (AvgIpc) is 3.28. The Kier molecular flexibility index (Phi) is 5.21. The van der Waals surface area contributed by atoms with Gasteiger partial charge in [-0.25, -0.2) is 4.98 Å². The molecule has 1 atom stereocenters. The minimum atomic E-state index is -0.916. The maximum Gasteiger partial charge on any atom is 0.261 e. The topological polar surface area (TPSA) is 98.6 Å². The highest BCUT2D eigenvalue weighted by atomic mass is 32.1. The number of benzene rings is 1. The van der Waals surface area contributed by atoms with Crippen LogP contribution in [0.2, 0.25) is 0 Å². The van der Waals surface area contributed by atoms with Crippen molar-refractivity contribution in [3.8, 4) is 6.07 Å². The smallest absolute Gasteiger partial charge is 0.261 e. The molecule has 3 rings (SSSR count). The summed E-state index contributed by atoms with van der Waals surface area (Å²) in [4.78, 5) is 32.1. The van der Waals surface area contributed by atoms with Gasteiger partial charge in [0.25, 0.3) is 5.91 Å². The summed E-state index contributed by atoms with van der Waals surface area (Å²) in [6.45, 7) is 0.390. The zero-order chi connectivity index (χ0) is 17.6. The van der Waals surface area contributed by atoms with E-state index in [2.05, 4.69) is 15.3 Å². The molecule has 1 aromatic carbocycles. The minimum absolute atomic E-state index is 0.142. The van der Waals surface area contributed by atoms with Gasteiger partial charge in [-0.15, -0.1) is 11.3 Å². The van der Waals surface area contributed by atoms with Crippen LogP contribution in [0, 0.1) is 11.3 Å². The van der Waals surface area contributed by atoms with Crippen LogP contribution < -0.4 is 5.32 Å². The Morgan fingerprint density at radius 2 is 2.12 bits per heavy atom. The van der Waals surface area contributed by atoms with Crippen LogP contribution in [-0.4, -0.2) is 28.2 Å². The molecule has 0 saturated carbocycles. The molecular weight excluding hydrogens is 336 g/mol. The molecule has 0 aliphatic heterocycles. The van der Waals surface area contributed by atoms with Gasteiger partial charge in [0.1, 0.15) is 5.82 Å². The van der Waals surface area contributed by atoms with Gasteiger partial charge in [0.05, 0.1) is 22.0 Å². The van der Waals surface area contributed by atoms with Crippen LogP contribution in [0.15, 0.2) is 41.8 Å². The molecular formula is C18H16N4O2S. The predicted molar refractivity (Wildman–Crippen MR) is 95.3 cm³/mol. The fourth-order valence-corrected chi connectivity index (χ4v) is 3.14. The van der Waals surface area contributed by atoms with Crippen molar-refractivity contribution in [3.63, 3.8) is 0 Å². The van der Waals surface area contributed by atoms with E-state index in [4.69, 9.17) is 0 Å². The second-order valence-electron chi connectivity index (χ2n) is 5.50. The molecule has 7 heteroatoms. The Hall–Kier alpha value is -2.98. The normalized spacial score (nSPS) is 11.8. The molecule has 0 aliphatic carbocycles. The van der Waals surface area contributed by atoms with E-state index in [-0.39, 0.29) is 18.1 Å². The number of H-pyrrole nitrogens is 1. The molecule has 2 aromatic heterocycles. The Morgan fingerprint density at radius 3 is 2.84 bits per heavy atom. The third-order valence-electron chi connectivity index (χ3n) is 3.76. The van der Waals surface area contributed by atoms with Gasteiger partial charge in [0, 0.05) is 13.0 Å². The van der Waals surface area contributed by atoms with E-state index in [1.165, 1.54) is 11.3 Å². The Balaban J connectivity index is 1.54. The van der Waals surface area contributed by atoms with Gasteiger partial charge < -0.3 is 10.3 Å². The molecule has 2 N–H and O–H groups in total. The second kappa shape index (κ2) is 7.73. The van der Waals surface area contributed by atoms with Crippen molar-refractivity contribution in [3.05, 3.63) is 52.5 Å². The first-order valence-corrected chi connectivity index (χ1v) is 8.75. The number of nitrogens with zero attached hydrogens (tertiary/aromatic N) is 2. The van der Waals surface area contributed by atoms with Crippen molar-refractivity contribution >= 4 is 34.1 Å². The van der Waals surface area contributed by atoms with E-state index in [9.17, 15) is 14.9 Å². The van der Waals surface area contributed by atoms with E-state index in [0.29, 0.717) is 23.7 Å². The summed E-state index contributed by atoms with van der Waals surface area (Å²) in [7, 11) is 0. The van der Waals surface area contributed by atoms with Crippen LogP contribution in [0.4, 0.5) is 0 Å². The van der Waals surface area contributed by atoms with Crippen molar-refractivity contribution in [1.82, 2.24) is 15.3 Å². The van der Waals surface area contributed by atoms with Crippen LogP contribution in [0.3, 0.4) is 0 Å². The number of carbonyl (C=O) groups is 2. The number of carbonyl (C=O) groups excluding carboxylic acids is 2. The number of amides is 1. The Bertz CT molecular complexity index is 891. The van der Waals surface area contributed by atoms with E-state index in [1.54, 1.807) is 6.07 Å². The van der Waals surface area contributed by atoms with Gasteiger partial charge in [-0.05, 0) is 30.0 Å². The molecule has 0 aliphatic rings. The summed E-state index contributed by atoms with van der Waals surface area (Å²) < 4.78 is 0. The highest BCUT2D eigenvalue weighted by molar-refractivity contribution is 7.12. The SMILES string of the molecule is N#CC(C(=O)CCCNC(=O)c1cccs1)c1nc2ccccc2[nH]1. The van der Waals surface area contributed by atoms with Gasteiger partial charge in [-0.2, -0.15) is 5.26 Å². The van der Waals surface area contributed by atoms with Crippen molar-refractivity contribution < 1.29 is 9.59 Å². The lowest BCUT2D eigenvalue weighted by atomic mass is 10.0. The van der Waals surface area contributed by atoms with Crippen LogP contribution in [-0.2, 0) is 4.79 Å². The van der Waals surface area contributed by atoms with Crippen molar-refractivity contribution in [2.45, 2.75) is 18.8 Å². The van der Waals surface area contributed by atoms with Crippen LogP contribution in [0.25, 0.3) is 11.0 Å². The largest absolute Gasteiger partial charge is 0.351 e. The van der Waals surface area contributed by atoms with Crippen molar-refractivity contribution in [2.24, 2.45) is 0 Å². The summed E-state index contributed by atoms with van der Waals surface area (Å²) in [5, 5.41) is 14.0. The molecule has 0 bridgehead atoms. The molecule has 0 saturated heterocycles. The van der Waals surface area contributed by atoms with Crippen LogP contribution in [0.1, 0.15) is 34.3 Å². The van der Waals surface area contributed by atoms with Gasteiger partial charge in [-0.1, -0.05) is 18.2 Å². The number of aromatic nitrogens is 2. The first-order valence-electron chi connectivity index (χ1n) is 7.87. The molecule has 2 heterocycles. The molecule has 3 aromatic rings. The number of rotatable bonds is 7. The summed E-state index contributed by atoms with van der Waals surface area (Å²) in [5.74, 6) is -0.889. The van der Waals surface area contributed by atoms with E-state index < -0.39 is 5.92 Å². The maximum atomic E-state index is 12.3. The number of ketones is 1. The molecule has 0 radical (unpaired) electrons. The number of nitriles is 1. The first-order chi connectivity index (χ1) is 12.2. The van der Waals surface area contributed by atoms with Gasteiger partial charge in [-0.3, -0.25) is 9.59 Å². The second-order valence-corrected chi connectivity index (χ2v) is 6.45. The molecule has 25 heavy (non-hydrogen) atoms. The van der Waals surface area contributed by atoms with Gasteiger partial charge in [0.15, 0.2) is 11.7 Å². The summed E-state index contributed by atoms with van der Waals surface area (Å²) in [6.07, 6.45) is 0.689. The predicted octanol–water partition coefficient (Wildman–Crippen LogP) is 3.01. The van der Waals surface area contributed by atoms with Gasteiger partial charge in [0.2, 0.25) is 0 Å². The summed E-state index contributed by atoms with van der Waals surface area (Å²) in [5.41, 5.74) is 1.53. The lowest BCUT2D eigenvalue weighted by Crippen LogP contribution is -2.24. The maximum absolute atomic E-state index is 12.3. The Labute approximate surface area is 148 Å². The number of fused-ring (bicyclic) bond motifs is 1. The quantitative estimate of drug-likeness (QED) is 0.639. The van der Waals surface area contributed by atoms with E-state index in [1.807, 2.05) is 41.8 Å². The summed E-state index contributed by atoms with van der Waals surface area (Å²) in [6, 6.07) is 13.0. The summed E-state index contributed by atoms with van der Waals surface area (Å²) >= 11 is 1.37. The third-order valence-corrected chi connectivity index (χ3v) is 4.63. The number of imidazole rings is 1. The standard InChI is InChI=1S/C18H16N4O2S/c19-11-12(17-21-13-5-1-2-6-14(13)22-17)15(23)7-3-9-20-18(24)16-8-4-10-25-16/h1-2,4-6,8,10,12H,3,7,9H2,(H,20,24)(H,21,22). The zero-order valence-corrected chi connectivity index (χ0v) is 14.2. The molecule has 0 spiro atoms. The highest BCUT2D eigenvalue weighted by Gasteiger charge is 2.23. The lowest BCUT2D eigenvalue weighted by Gasteiger charge is -2.06. The number of hydrogen-bond donors (Lipinski definition) is 2. The lowest BCUT2D eigenvalue weighted by molar-refractivity contribution is -0.119. The highest BCUT2D eigenvalue weighted by Crippen LogP contribution is 2.19. The number of Topliss-reactive ketones (excluding diaryl/α,β-unsaturated/α-hetero) is 1. The van der Waals surface area contributed by atoms with Crippen LogP contribution >= 0.6 is 11.3 Å². The van der Waals surface area contributed by atoms with Crippen molar-refractivity contribution in [1.29, 1.82) is 5.26 Å². The number of aromatic amines is 1. The number of para-hydroxylation sites is 2. The average molecular weight is 352 g/mol. The fraction of sp³-hybridized carbons (Fsp3) is 0.222. The third kappa shape index (κ3) is 3.92. The molecule has 1 unspecified atom stereocenters. The molecule has 0 fully saturated rings. The van der Waals surface area contributed by atoms with Crippen molar-refractivity contribution in [2.75, 3.05) is 6.54 Å². The number of thiophene rings is 1. The minimum Gasteiger partial charge on any atom is -0.351 e. The zero-order valence-electron chi connectivity index (χ0n) is 13.4. The monoisotopic (exact) mass is 352 g/mol. The van der Waals surface area contributed by atoms with E-state index in [0.717, 1.165) is 11.0 Å².